The minimum atomic E-state index is -0.902. The van der Waals surface area contributed by atoms with Gasteiger partial charge in [-0.3, -0.25) is 0 Å². The van der Waals surface area contributed by atoms with Crippen LogP contribution >= 0.6 is 0 Å². The number of unbranched alkanes of at least 4 members (excludes halogenated alkanes) is 11. The van der Waals surface area contributed by atoms with Gasteiger partial charge in [0.2, 0.25) is 0 Å². The van der Waals surface area contributed by atoms with E-state index < -0.39 is 5.97 Å². The van der Waals surface area contributed by atoms with Gasteiger partial charge in [0.05, 0.1) is 12.2 Å². The van der Waals surface area contributed by atoms with Crippen LogP contribution in [0.15, 0.2) is 48.5 Å². The Labute approximate surface area is 207 Å². The lowest BCUT2D eigenvalue weighted by Crippen LogP contribution is -2.00. The zero-order valence-corrected chi connectivity index (χ0v) is 21.4. The molecule has 0 bridgehead atoms. The molecule has 0 fully saturated rings. The highest BCUT2D eigenvalue weighted by Gasteiger charge is 2.12. The van der Waals surface area contributed by atoms with Crippen LogP contribution in [-0.4, -0.2) is 17.7 Å². The number of aromatic carboxylic acids is 1. The quantitative estimate of drug-likeness (QED) is 0.223. The number of rotatable bonds is 18. The highest BCUT2D eigenvalue weighted by atomic mass is 16.5. The van der Waals surface area contributed by atoms with Gasteiger partial charge < -0.3 is 9.84 Å². The van der Waals surface area contributed by atoms with Crippen LogP contribution in [0.3, 0.4) is 0 Å². The second kappa shape index (κ2) is 17.0. The van der Waals surface area contributed by atoms with Crippen molar-refractivity contribution in [1.82, 2.24) is 0 Å². The van der Waals surface area contributed by atoms with E-state index in [0.717, 1.165) is 41.9 Å². The van der Waals surface area contributed by atoms with Gasteiger partial charge in [-0.05, 0) is 60.2 Å². The van der Waals surface area contributed by atoms with Crippen molar-refractivity contribution in [2.45, 2.75) is 97.3 Å². The molecule has 3 heteroatoms. The molecule has 3 nitrogen and oxygen atoms in total. The van der Waals surface area contributed by atoms with Gasteiger partial charge in [0, 0.05) is 0 Å². The molecule has 0 aliphatic rings. The smallest absolute Gasteiger partial charge is 0.336 e. The number of hydrogen-bond acceptors (Lipinski definition) is 2. The molecule has 0 heterocycles. The summed E-state index contributed by atoms with van der Waals surface area (Å²) in [5, 5.41) is 9.68. The third kappa shape index (κ3) is 10.6. The van der Waals surface area contributed by atoms with Crippen molar-refractivity contribution in [2.24, 2.45) is 0 Å². The van der Waals surface area contributed by atoms with Crippen LogP contribution in [0.2, 0.25) is 0 Å². The summed E-state index contributed by atoms with van der Waals surface area (Å²) in [4.78, 5) is 11.8. The number of benzene rings is 2. The molecule has 0 spiro atoms. The summed E-state index contributed by atoms with van der Waals surface area (Å²) in [5.74, 6) is -0.0635. The van der Waals surface area contributed by atoms with E-state index in [1.165, 1.54) is 70.6 Å². The first-order valence-corrected chi connectivity index (χ1v) is 13.4. The van der Waals surface area contributed by atoms with Gasteiger partial charge in [-0.25, -0.2) is 4.79 Å². The molecule has 0 aromatic heterocycles. The fourth-order valence-electron chi connectivity index (χ4n) is 4.16. The predicted molar refractivity (Wildman–Crippen MR) is 145 cm³/mol. The van der Waals surface area contributed by atoms with Gasteiger partial charge in [-0.2, -0.15) is 0 Å². The summed E-state index contributed by atoms with van der Waals surface area (Å²) < 4.78 is 5.90. The summed E-state index contributed by atoms with van der Waals surface area (Å²) in [5.41, 5.74) is 3.01. The molecular formula is C31H44O3. The minimum Gasteiger partial charge on any atom is -0.494 e. The van der Waals surface area contributed by atoms with Crippen LogP contribution in [0.4, 0.5) is 0 Å². The van der Waals surface area contributed by atoms with E-state index >= 15 is 0 Å². The van der Waals surface area contributed by atoms with Gasteiger partial charge in [-0.15, -0.1) is 0 Å². The molecule has 0 amide bonds. The van der Waals surface area contributed by atoms with Crippen LogP contribution < -0.4 is 4.74 Å². The third-order valence-electron chi connectivity index (χ3n) is 6.24. The summed E-state index contributed by atoms with van der Waals surface area (Å²) in [6.07, 6.45) is 20.6. The van der Waals surface area contributed by atoms with E-state index in [1.807, 2.05) is 36.4 Å². The van der Waals surface area contributed by atoms with E-state index in [0.29, 0.717) is 5.56 Å². The van der Waals surface area contributed by atoms with Crippen molar-refractivity contribution in [3.8, 4) is 16.9 Å². The van der Waals surface area contributed by atoms with E-state index in [2.05, 4.69) is 26.0 Å². The first-order chi connectivity index (χ1) is 16.7. The van der Waals surface area contributed by atoms with Crippen molar-refractivity contribution >= 4 is 12.0 Å². The fraction of sp³-hybridized carbons (Fsp3) is 0.516. The Balaban J connectivity index is 1.91. The minimum absolute atomic E-state index is 0.327. The molecule has 0 saturated heterocycles. The second-order valence-electron chi connectivity index (χ2n) is 9.21. The molecule has 1 N–H and O–H groups in total. The van der Waals surface area contributed by atoms with E-state index in [4.69, 9.17) is 4.74 Å². The Morgan fingerprint density at radius 1 is 0.794 bits per heavy atom. The second-order valence-corrected chi connectivity index (χ2v) is 9.21. The van der Waals surface area contributed by atoms with Gasteiger partial charge in [0.15, 0.2) is 0 Å². The maximum absolute atomic E-state index is 11.8. The Kier molecular flexibility index (Phi) is 13.8. The number of carbonyl (C=O) groups is 1. The predicted octanol–water partition coefficient (Wildman–Crippen LogP) is 9.55. The molecule has 0 radical (unpaired) electrons. The van der Waals surface area contributed by atoms with Gasteiger partial charge in [0.1, 0.15) is 5.75 Å². The molecule has 186 valence electrons. The van der Waals surface area contributed by atoms with Crippen molar-refractivity contribution in [3.05, 3.63) is 59.7 Å². The van der Waals surface area contributed by atoms with Crippen LogP contribution in [-0.2, 0) is 0 Å². The molecule has 0 atom stereocenters. The van der Waals surface area contributed by atoms with Gasteiger partial charge in [0.25, 0.3) is 0 Å². The fourth-order valence-corrected chi connectivity index (χ4v) is 4.16. The molecule has 2 aromatic carbocycles. The highest BCUT2D eigenvalue weighted by molar-refractivity contribution is 5.96. The van der Waals surface area contributed by atoms with Crippen molar-refractivity contribution < 1.29 is 14.6 Å². The molecule has 2 aromatic rings. The maximum Gasteiger partial charge on any atom is 0.336 e. The Bertz CT molecular complexity index is 851. The van der Waals surface area contributed by atoms with Crippen LogP contribution in [0.5, 0.6) is 5.75 Å². The Hall–Kier alpha value is -2.55. The summed E-state index contributed by atoms with van der Waals surface area (Å²) in [7, 11) is 0. The number of carboxylic acid groups (broad SMARTS) is 1. The molecular weight excluding hydrogens is 420 g/mol. The number of hydrogen-bond donors (Lipinski definition) is 1. The average molecular weight is 465 g/mol. The largest absolute Gasteiger partial charge is 0.494 e. The molecule has 0 saturated carbocycles. The Morgan fingerprint density at radius 3 is 2.06 bits per heavy atom. The van der Waals surface area contributed by atoms with Gasteiger partial charge >= 0.3 is 5.97 Å². The van der Waals surface area contributed by atoms with E-state index in [9.17, 15) is 9.90 Å². The molecule has 0 aliphatic heterocycles. The van der Waals surface area contributed by atoms with Gasteiger partial charge in [-0.1, -0.05) is 108 Å². The third-order valence-corrected chi connectivity index (χ3v) is 6.24. The zero-order chi connectivity index (χ0) is 24.4. The highest BCUT2D eigenvalue weighted by Crippen LogP contribution is 2.28. The van der Waals surface area contributed by atoms with Crippen molar-refractivity contribution in [2.75, 3.05) is 6.61 Å². The topological polar surface area (TPSA) is 46.5 Å². The normalized spacial score (nSPS) is 11.2. The molecule has 0 aliphatic carbocycles. The van der Waals surface area contributed by atoms with Crippen LogP contribution in [0.25, 0.3) is 17.2 Å². The monoisotopic (exact) mass is 464 g/mol. The SMILES string of the molecule is CCCCCCC/C=C/c1ccc(C(=O)O)c(-c2ccc(OCCCCCCCCC)cc2)c1. The summed E-state index contributed by atoms with van der Waals surface area (Å²) in [6, 6.07) is 13.4. The maximum atomic E-state index is 11.8. The first kappa shape index (κ1) is 27.7. The van der Waals surface area contributed by atoms with Crippen LogP contribution in [0.1, 0.15) is 113 Å². The Morgan fingerprint density at radius 2 is 1.41 bits per heavy atom. The average Bonchev–Trinajstić information content (AvgIpc) is 2.85. The molecule has 2 rings (SSSR count). The lowest BCUT2D eigenvalue weighted by Gasteiger charge is -2.10. The number of carboxylic acids is 1. The van der Waals surface area contributed by atoms with Crippen molar-refractivity contribution in [1.29, 1.82) is 0 Å². The number of ether oxygens (including phenoxy) is 1. The lowest BCUT2D eigenvalue weighted by molar-refractivity contribution is 0.0697. The lowest BCUT2D eigenvalue weighted by atomic mass is 9.97. The summed E-state index contributed by atoms with van der Waals surface area (Å²) in [6.45, 7) is 5.20. The zero-order valence-electron chi connectivity index (χ0n) is 21.4. The van der Waals surface area contributed by atoms with Crippen LogP contribution in [0, 0.1) is 0 Å². The number of allylic oxidation sites excluding steroid dienone is 1. The standard InChI is InChI=1S/C31H44O3/c1-3-5-7-9-11-13-15-17-26-18-23-29(31(32)33)30(25-26)27-19-21-28(22-20-27)34-24-16-14-12-10-8-6-4-2/h15,17-23,25H,3-14,16,24H2,1-2H3,(H,32,33)/b17-15+. The molecule has 0 unspecified atom stereocenters. The summed E-state index contributed by atoms with van der Waals surface area (Å²) >= 11 is 0. The van der Waals surface area contributed by atoms with E-state index in [1.54, 1.807) is 6.07 Å². The first-order valence-electron chi connectivity index (χ1n) is 13.4. The van der Waals surface area contributed by atoms with E-state index in [-0.39, 0.29) is 0 Å². The molecule has 34 heavy (non-hydrogen) atoms. The van der Waals surface area contributed by atoms with Crippen molar-refractivity contribution in [3.63, 3.8) is 0 Å².